The fourth-order valence-electron chi connectivity index (χ4n) is 4.02. The molecule has 32 heavy (non-hydrogen) atoms. The van der Waals surface area contributed by atoms with Crippen LogP contribution in [0.1, 0.15) is 11.1 Å². The van der Waals surface area contributed by atoms with Gasteiger partial charge >= 0.3 is 0 Å². The van der Waals surface area contributed by atoms with Crippen LogP contribution >= 0.6 is 11.8 Å². The summed E-state index contributed by atoms with van der Waals surface area (Å²) in [5.74, 6) is 3.28. The molecule has 1 heterocycles. The van der Waals surface area contributed by atoms with Gasteiger partial charge in [0.1, 0.15) is 18.1 Å². The molecule has 0 N–H and O–H groups in total. The van der Waals surface area contributed by atoms with E-state index in [9.17, 15) is 0 Å². The van der Waals surface area contributed by atoms with Crippen molar-refractivity contribution < 1.29 is 18.9 Å². The van der Waals surface area contributed by atoms with Crippen LogP contribution < -0.4 is 18.9 Å². The van der Waals surface area contributed by atoms with Gasteiger partial charge in [-0.05, 0) is 59.8 Å². The molecule has 0 aromatic heterocycles. The van der Waals surface area contributed by atoms with Gasteiger partial charge < -0.3 is 18.9 Å². The van der Waals surface area contributed by atoms with Crippen molar-refractivity contribution in [2.75, 3.05) is 40.7 Å². The van der Waals surface area contributed by atoms with Crippen molar-refractivity contribution in [2.45, 2.75) is 18.0 Å². The summed E-state index contributed by atoms with van der Waals surface area (Å²) >= 11 is 1.74. The maximum atomic E-state index is 6.14. The lowest BCUT2D eigenvalue weighted by Crippen LogP contribution is -2.25. The number of fused-ring (bicyclic) bond motifs is 1. The van der Waals surface area contributed by atoms with Gasteiger partial charge in [0, 0.05) is 35.7 Å². The molecule has 1 aliphatic heterocycles. The molecule has 4 rings (SSSR count). The molecule has 0 fully saturated rings. The van der Waals surface area contributed by atoms with Crippen LogP contribution in [-0.2, 0) is 13.1 Å². The van der Waals surface area contributed by atoms with Crippen LogP contribution in [0.5, 0.6) is 23.0 Å². The molecule has 3 aromatic rings. The summed E-state index contributed by atoms with van der Waals surface area (Å²) < 4.78 is 22.9. The van der Waals surface area contributed by atoms with Crippen LogP contribution in [-0.4, -0.2) is 45.6 Å². The molecule has 0 unspecified atom stereocenters. The molecule has 0 amide bonds. The molecular formula is C26H29NO4S. The van der Waals surface area contributed by atoms with Gasteiger partial charge in [0.15, 0.2) is 11.5 Å². The first-order valence-corrected chi connectivity index (χ1v) is 11.8. The Balaban J connectivity index is 1.65. The van der Waals surface area contributed by atoms with Gasteiger partial charge in [0.2, 0.25) is 0 Å². The maximum Gasteiger partial charge on any atom is 0.165 e. The van der Waals surface area contributed by atoms with E-state index in [4.69, 9.17) is 18.9 Å². The molecule has 0 spiro atoms. The summed E-state index contributed by atoms with van der Waals surface area (Å²) in [5, 5.41) is 0. The number of hydrogen-bond acceptors (Lipinski definition) is 6. The Labute approximate surface area is 194 Å². The third kappa shape index (κ3) is 4.81. The van der Waals surface area contributed by atoms with E-state index in [1.54, 1.807) is 33.1 Å². The Morgan fingerprint density at radius 2 is 1.66 bits per heavy atom. The first-order chi connectivity index (χ1) is 15.6. The van der Waals surface area contributed by atoms with Crippen LogP contribution in [0, 0.1) is 0 Å². The molecule has 0 aliphatic carbocycles. The first-order valence-electron chi connectivity index (χ1n) is 10.6. The van der Waals surface area contributed by atoms with E-state index in [0.717, 1.165) is 64.9 Å². The van der Waals surface area contributed by atoms with Crippen molar-refractivity contribution in [3.05, 3.63) is 65.7 Å². The molecule has 5 nitrogen and oxygen atoms in total. The van der Waals surface area contributed by atoms with Crippen molar-refractivity contribution in [1.29, 1.82) is 0 Å². The van der Waals surface area contributed by atoms with Gasteiger partial charge in [-0.15, -0.1) is 11.8 Å². The number of methoxy groups -OCH3 is 3. The third-order valence-electron chi connectivity index (χ3n) is 5.70. The number of thioether (sulfide) groups is 1. The number of ether oxygens (including phenoxy) is 4. The number of hydrogen-bond donors (Lipinski definition) is 0. The summed E-state index contributed by atoms with van der Waals surface area (Å²) in [6, 6.07) is 18.8. The average molecular weight is 452 g/mol. The van der Waals surface area contributed by atoms with Crippen molar-refractivity contribution in [2.24, 2.45) is 0 Å². The highest BCUT2D eigenvalue weighted by Gasteiger charge is 2.22. The zero-order valence-electron chi connectivity index (χ0n) is 19.0. The number of benzene rings is 3. The Morgan fingerprint density at radius 1 is 0.875 bits per heavy atom. The van der Waals surface area contributed by atoms with Crippen LogP contribution in [0.3, 0.4) is 0 Å². The molecule has 1 aliphatic rings. The maximum absolute atomic E-state index is 6.14. The second-order valence-electron chi connectivity index (χ2n) is 7.63. The van der Waals surface area contributed by atoms with E-state index in [-0.39, 0.29) is 0 Å². The highest BCUT2D eigenvalue weighted by atomic mass is 32.2. The second-order valence-corrected chi connectivity index (χ2v) is 8.51. The lowest BCUT2D eigenvalue weighted by atomic mass is 10.0. The largest absolute Gasteiger partial charge is 0.497 e. The lowest BCUT2D eigenvalue weighted by Gasteiger charge is -2.21. The summed E-state index contributed by atoms with van der Waals surface area (Å²) in [5.41, 5.74) is 4.49. The number of rotatable bonds is 7. The van der Waals surface area contributed by atoms with Crippen LogP contribution in [0.25, 0.3) is 11.1 Å². The Hall–Kier alpha value is -2.83. The van der Waals surface area contributed by atoms with E-state index in [1.807, 2.05) is 18.2 Å². The fourth-order valence-corrected chi connectivity index (χ4v) is 4.43. The quantitative estimate of drug-likeness (QED) is 0.442. The molecule has 168 valence electrons. The average Bonchev–Trinajstić information content (AvgIpc) is 3.05. The smallest absolute Gasteiger partial charge is 0.165 e. The fraction of sp³-hybridized carbons (Fsp3) is 0.308. The van der Waals surface area contributed by atoms with Gasteiger partial charge in [-0.3, -0.25) is 4.90 Å². The first kappa shape index (κ1) is 22.4. The standard InChI is InChI=1S/C26H29NO4S/c1-28-22-7-10-24(29-2)20(14-22)16-27-11-12-31-26-21(17-27)13-19(15-25(26)30-3)18-5-8-23(32-4)9-6-18/h5-10,13-15H,11-12,16-17H2,1-4H3. The van der Waals surface area contributed by atoms with E-state index < -0.39 is 0 Å². The lowest BCUT2D eigenvalue weighted by molar-refractivity contribution is 0.214. The zero-order chi connectivity index (χ0) is 22.5. The van der Waals surface area contributed by atoms with E-state index in [2.05, 4.69) is 47.6 Å². The normalized spacial score (nSPS) is 13.6. The zero-order valence-corrected chi connectivity index (χ0v) is 19.8. The molecular weight excluding hydrogens is 422 g/mol. The summed E-state index contributed by atoms with van der Waals surface area (Å²) in [4.78, 5) is 3.61. The highest BCUT2D eigenvalue weighted by molar-refractivity contribution is 7.98. The molecule has 0 saturated carbocycles. The van der Waals surface area contributed by atoms with Crippen molar-refractivity contribution >= 4 is 11.8 Å². The molecule has 0 radical (unpaired) electrons. The molecule has 0 saturated heterocycles. The number of nitrogens with zero attached hydrogens (tertiary/aromatic N) is 1. The van der Waals surface area contributed by atoms with Crippen molar-refractivity contribution in [3.63, 3.8) is 0 Å². The van der Waals surface area contributed by atoms with Gasteiger partial charge in [0.25, 0.3) is 0 Å². The monoisotopic (exact) mass is 451 g/mol. The Bertz CT molecular complexity index is 1070. The molecule has 3 aromatic carbocycles. The van der Waals surface area contributed by atoms with Crippen LogP contribution in [0.4, 0.5) is 0 Å². The van der Waals surface area contributed by atoms with Gasteiger partial charge in [-0.25, -0.2) is 0 Å². The van der Waals surface area contributed by atoms with Crippen molar-refractivity contribution in [1.82, 2.24) is 4.90 Å². The summed E-state index contributed by atoms with van der Waals surface area (Å²) in [6.45, 7) is 2.88. The SMILES string of the molecule is COc1ccc(OC)c(CN2CCOc3c(cc(-c4ccc(SC)cc4)cc3OC)C2)c1. The Morgan fingerprint density at radius 3 is 2.34 bits per heavy atom. The summed E-state index contributed by atoms with van der Waals surface area (Å²) in [7, 11) is 5.08. The van der Waals surface area contributed by atoms with E-state index in [1.165, 1.54) is 4.90 Å². The topological polar surface area (TPSA) is 40.2 Å². The third-order valence-corrected chi connectivity index (χ3v) is 6.45. The predicted octanol–water partition coefficient (Wildman–Crippen LogP) is 5.50. The predicted molar refractivity (Wildman–Crippen MR) is 129 cm³/mol. The summed E-state index contributed by atoms with van der Waals surface area (Å²) in [6.07, 6.45) is 2.09. The minimum absolute atomic E-state index is 0.595. The van der Waals surface area contributed by atoms with E-state index >= 15 is 0 Å². The van der Waals surface area contributed by atoms with Gasteiger partial charge in [-0.1, -0.05) is 12.1 Å². The molecule has 6 heteroatoms. The van der Waals surface area contributed by atoms with Gasteiger partial charge in [0.05, 0.1) is 21.3 Å². The van der Waals surface area contributed by atoms with Gasteiger partial charge in [-0.2, -0.15) is 0 Å². The second kappa shape index (κ2) is 10.2. The van der Waals surface area contributed by atoms with E-state index in [0.29, 0.717) is 6.61 Å². The van der Waals surface area contributed by atoms with Crippen LogP contribution in [0.15, 0.2) is 59.5 Å². The Kier molecular flexibility index (Phi) is 7.12. The van der Waals surface area contributed by atoms with Crippen LogP contribution in [0.2, 0.25) is 0 Å². The minimum Gasteiger partial charge on any atom is -0.497 e. The molecule has 0 atom stereocenters. The molecule has 0 bridgehead atoms. The highest BCUT2D eigenvalue weighted by Crippen LogP contribution is 2.39. The minimum atomic E-state index is 0.595. The van der Waals surface area contributed by atoms with Crippen molar-refractivity contribution in [3.8, 4) is 34.1 Å².